The van der Waals surface area contributed by atoms with E-state index >= 15 is 0 Å². The van der Waals surface area contributed by atoms with E-state index in [1.807, 2.05) is 30.3 Å². The molecule has 6 nitrogen and oxygen atoms in total. The third-order valence-electron chi connectivity index (χ3n) is 4.53. The van der Waals surface area contributed by atoms with Crippen LogP contribution in [0.2, 0.25) is 0 Å². The first-order chi connectivity index (χ1) is 11.0. The van der Waals surface area contributed by atoms with Crippen LogP contribution in [0.4, 0.5) is 0 Å². The molecule has 1 aromatic carbocycles. The smallest absolute Gasteiger partial charge is 0.305 e. The zero-order chi connectivity index (χ0) is 16.4. The molecule has 6 heteroatoms. The van der Waals surface area contributed by atoms with Crippen LogP contribution in [-0.2, 0) is 14.3 Å². The predicted molar refractivity (Wildman–Crippen MR) is 82.2 cm³/mol. The molecule has 3 rings (SSSR count). The highest BCUT2D eigenvalue weighted by Crippen LogP contribution is 2.43. The van der Waals surface area contributed by atoms with Crippen molar-refractivity contribution >= 4 is 11.9 Å². The van der Waals surface area contributed by atoms with Crippen LogP contribution >= 0.6 is 0 Å². The lowest BCUT2D eigenvalue weighted by atomic mass is 10.1. The predicted octanol–water partition coefficient (Wildman–Crippen LogP) is 1.69. The summed E-state index contributed by atoms with van der Waals surface area (Å²) in [6, 6.07) is 8.93. The maximum absolute atomic E-state index is 12.9. The van der Waals surface area contributed by atoms with E-state index in [0.29, 0.717) is 31.6 Å². The number of carbonyl (C=O) groups excluding carboxylic acids is 1. The molecule has 1 N–H and O–H groups in total. The Balaban J connectivity index is 1.74. The third kappa shape index (κ3) is 3.32. The fourth-order valence-electron chi connectivity index (χ4n) is 3.14. The van der Waals surface area contributed by atoms with Crippen molar-refractivity contribution in [3.05, 3.63) is 30.3 Å². The van der Waals surface area contributed by atoms with Crippen molar-refractivity contribution in [2.24, 2.45) is 0 Å². The van der Waals surface area contributed by atoms with Gasteiger partial charge in [0.15, 0.2) is 5.60 Å². The Labute approximate surface area is 135 Å². The Morgan fingerprint density at radius 2 is 2.00 bits per heavy atom. The summed E-state index contributed by atoms with van der Waals surface area (Å²) in [4.78, 5) is 25.6. The lowest BCUT2D eigenvalue weighted by Crippen LogP contribution is -2.47. The summed E-state index contributed by atoms with van der Waals surface area (Å²) in [5.74, 6) is -0.360. The molecule has 1 saturated heterocycles. The van der Waals surface area contributed by atoms with Gasteiger partial charge in [-0.15, -0.1) is 0 Å². The second-order valence-electron chi connectivity index (χ2n) is 6.21. The van der Waals surface area contributed by atoms with E-state index in [1.165, 1.54) is 0 Å². The maximum atomic E-state index is 12.9. The number of benzene rings is 1. The van der Waals surface area contributed by atoms with Crippen LogP contribution in [0.15, 0.2) is 30.3 Å². The second kappa shape index (κ2) is 6.20. The number of carboxylic acid groups (broad SMARTS) is 1. The Morgan fingerprint density at radius 1 is 1.30 bits per heavy atom. The number of methoxy groups -OCH3 is 1. The van der Waals surface area contributed by atoms with E-state index in [-0.39, 0.29) is 24.5 Å². The van der Waals surface area contributed by atoms with Gasteiger partial charge >= 0.3 is 5.97 Å². The number of amides is 1. The molecule has 1 heterocycles. The van der Waals surface area contributed by atoms with E-state index in [2.05, 4.69) is 0 Å². The van der Waals surface area contributed by atoms with Crippen LogP contribution in [0.3, 0.4) is 0 Å². The van der Waals surface area contributed by atoms with Gasteiger partial charge in [-0.1, -0.05) is 18.2 Å². The highest BCUT2D eigenvalue weighted by Gasteiger charge is 2.57. The zero-order valence-corrected chi connectivity index (χ0v) is 13.1. The molecular formula is C17H21NO5. The number of carboxylic acids is 1. The number of ether oxygens (including phenoxy) is 2. The van der Waals surface area contributed by atoms with Crippen molar-refractivity contribution in [2.75, 3.05) is 13.7 Å². The first kappa shape index (κ1) is 15.8. The van der Waals surface area contributed by atoms with Gasteiger partial charge in [-0.3, -0.25) is 9.59 Å². The molecule has 1 aliphatic heterocycles. The summed E-state index contributed by atoms with van der Waals surface area (Å²) in [7, 11) is 1.59. The summed E-state index contributed by atoms with van der Waals surface area (Å²) in [5.41, 5.74) is -0.833. The normalized spacial score (nSPS) is 25.2. The highest BCUT2D eigenvalue weighted by molar-refractivity contribution is 5.89. The molecule has 2 unspecified atom stereocenters. The number of likely N-dealkylation sites (tertiary alicyclic amines) is 1. The Bertz CT molecular complexity index is 584. The summed E-state index contributed by atoms with van der Waals surface area (Å²) < 4.78 is 11.3. The van der Waals surface area contributed by atoms with Gasteiger partial charge in [-0.25, -0.2) is 0 Å². The molecule has 1 aliphatic carbocycles. The lowest BCUT2D eigenvalue weighted by molar-refractivity contribution is -0.144. The first-order valence-corrected chi connectivity index (χ1v) is 7.84. The zero-order valence-electron chi connectivity index (χ0n) is 13.1. The van der Waals surface area contributed by atoms with Crippen molar-refractivity contribution < 1.29 is 24.2 Å². The first-order valence-electron chi connectivity index (χ1n) is 7.84. The fourth-order valence-corrected chi connectivity index (χ4v) is 3.14. The van der Waals surface area contributed by atoms with Crippen LogP contribution < -0.4 is 4.74 Å². The van der Waals surface area contributed by atoms with E-state index in [1.54, 1.807) is 12.0 Å². The molecule has 1 amide bonds. The quantitative estimate of drug-likeness (QED) is 0.863. The fraction of sp³-hybridized carbons (Fsp3) is 0.529. The second-order valence-corrected chi connectivity index (χ2v) is 6.21. The average molecular weight is 319 g/mol. The molecule has 1 aromatic rings. The molecule has 23 heavy (non-hydrogen) atoms. The topological polar surface area (TPSA) is 76.1 Å². The van der Waals surface area contributed by atoms with Crippen LogP contribution in [0, 0.1) is 0 Å². The van der Waals surface area contributed by atoms with Gasteiger partial charge in [0.05, 0.1) is 12.5 Å². The minimum Gasteiger partial charge on any atom is -0.481 e. The minimum atomic E-state index is -0.904. The SMILES string of the molecule is COC1CC(CC(=O)O)N(C(=O)C2(Oc3ccccc3)CC2)C1. The Hall–Kier alpha value is -2.08. The van der Waals surface area contributed by atoms with Crippen LogP contribution in [0.5, 0.6) is 5.75 Å². The van der Waals surface area contributed by atoms with Crippen molar-refractivity contribution in [3.8, 4) is 5.75 Å². The van der Waals surface area contributed by atoms with Gasteiger partial charge in [0.2, 0.25) is 0 Å². The summed E-state index contributed by atoms with van der Waals surface area (Å²) in [6.45, 7) is 0.424. The summed E-state index contributed by atoms with van der Waals surface area (Å²) in [6.07, 6.45) is 1.70. The Morgan fingerprint density at radius 3 is 2.57 bits per heavy atom. The number of rotatable bonds is 6. The van der Waals surface area contributed by atoms with Crippen LogP contribution in [-0.4, -0.2) is 53.3 Å². The number of carbonyl (C=O) groups is 2. The van der Waals surface area contributed by atoms with E-state index in [9.17, 15) is 9.59 Å². The number of aliphatic carboxylic acids is 1. The lowest BCUT2D eigenvalue weighted by Gasteiger charge is -2.28. The van der Waals surface area contributed by atoms with Crippen molar-refractivity contribution in [2.45, 2.75) is 43.4 Å². The Kier molecular flexibility index (Phi) is 4.26. The molecule has 0 radical (unpaired) electrons. The average Bonchev–Trinajstić information content (AvgIpc) is 3.20. The molecule has 2 aliphatic rings. The molecule has 1 saturated carbocycles. The van der Waals surface area contributed by atoms with Gasteiger partial charge in [0.1, 0.15) is 5.75 Å². The monoisotopic (exact) mass is 319 g/mol. The largest absolute Gasteiger partial charge is 0.481 e. The molecule has 0 bridgehead atoms. The highest BCUT2D eigenvalue weighted by atomic mass is 16.5. The van der Waals surface area contributed by atoms with Crippen molar-refractivity contribution in [3.63, 3.8) is 0 Å². The molecule has 124 valence electrons. The van der Waals surface area contributed by atoms with Gasteiger partial charge in [-0.2, -0.15) is 0 Å². The third-order valence-corrected chi connectivity index (χ3v) is 4.53. The molecule has 0 spiro atoms. The van der Waals surface area contributed by atoms with Gasteiger partial charge in [0, 0.05) is 32.5 Å². The number of para-hydroxylation sites is 1. The van der Waals surface area contributed by atoms with Gasteiger partial charge in [-0.05, 0) is 18.6 Å². The summed E-state index contributed by atoms with van der Waals surface area (Å²) >= 11 is 0. The van der Waals surface area contributed by atoms with E-state index < -0.39 is 11.6 Å². The molecular weight excluding hydrogens is 298 g/mol. The number of hydrogen-bond acceptors (Lipinski definition) is 4. The van der Waals surface area contributed by atoms with Crippen molar-refractivity contribution in [1.29, 1.82) is 0 Å². The molecule has 0 aromatic heterocycles. The molecule has 2 fully saturated rings. The number of hydrogen-bond donors (Lipinski definition) is 1. The van der Waals surface area contributed by atoms with Gasteiger partial charge < -0.3 is 19.5 Å². The molecule has 2 atom stereocenters. The number of nitrogens with zero attached hydrogens (tertiary/aromatic N) is 1. The van der Waals surface area contributed by atoms with Crippen molar-refractivity contribution in [1.82, 2.24) is 4.90 Å². The van der Waals surface area contributed by atoms with Gasteiger partial charge in [0.25, 0.3) is 5.91 Å². The van der Waals surface area contributed by atoms with Crippen LogP contribution in [0.25, 0.3) is 0 Å². The maximum Gasteiger partial charge on any atom is 0.305 e. The van der Waals surface area contributed by atoms with Crippen LogP contribution in [0.1, 0.15) is 25.7 Å². The standard InChI is InChI=1S/C17H21NO5/c1-22-14-9-12(10-15(19)20)18(11-14)16(21)17(7-8-17)23-13-5-3-2-4-6-13/h2-6,12,14H,7-11H2,1H3,(H,19,20). The van der Waals surface area contributed by atoms with E-state index in [0.717, 1.165) is 0 Å². The van der Waals surface area contributed by atoms with E-state index in [4.69, 9.17) is 14.6 Å². The minimum absolute atomic E-state index is 0.0625. The summed E-state index contributed by atoms with van der Waals surface area (Å²) in [5, 5.41) is 9.08.